The lowest BCUT2D eigenvalue weighted by Crippen LogP contribution is -2.19. The third-order valence-electron chi connectivity index (χ3n) is 2.43. The van der Waals surface area contributed by atoms with Crippen molar-refractivity contribution in [1.29, 1.82) is 0 Å². The molecule has 1 aromatic carbocycles. The number of rotatable bonds is 4. The first-order valence-electron chi connectivity index (χ1n) is 5.97. The number of aromatic amines is 1. The lowest BCUT2D eigenvalue weighted by molar-refractivity contribution is -0.416. The van der Waals surface area contributed by atoms with E-state index in [1.807, 2.05) is 31.2 Å². The van der Waals surface area contributed by atoms with Crippen LogP contribution in [0.5, 0.6) is 0 Å². The summed E-state index contributed by atoms with van der Waals surface area (Å²) < 4.78 is 0. The maximum Gasteiger partial charge on any atom is 0.299 e. The number of thioether (sulfide) groups is 1. The highest BCUT2D eigenvalue weighted by Crippen LogP contribution is 2.14. The van der Waals surface area contributed by atoms with Gasteiger partial charge in [0.25, 0.3) is 5.16 Å². The van der Waals surface area contributed by atoms with Crippen LogP contribution in [0.1, 0.15) is 5.56 Å². The zero-order chi connectivity index (χ0) is 14.5. The molecule has 6 N–H and O–H groups in total. The second-order valence-electron chi connectivity index (χ2n) is 4.27. The first kappa shape index (κ1) is 14.1. The Labute approximate surface area is 121 Å². The topological polar surface area (TPSA) is 108 Å². The number of benzene rings is 1. The normalized spacial score (nSPS) is 10.2. The van der Waals surface area contributed by atoms with Gasteiger partial charge in [-0.05, 0) is 36.4 Å². The van der Waals surface area contributed by atoms with Crippen LogP contribution in [0, 0.1) is 6.92 Å². The van der Waals surface area contributed by atoms with Crippen LogP contribution in [-0.2, 0) is 4.79 Å². The Bertz CT molecular complexity index is 612. The highest BCUT2D eigenvalue weighted by atomic mass is 32.2. The number of nitrogens with one attached hydrogen (secondary N) is 2. The van der Waals surface area contributed by atoms with Crippen LogP contribution in [0.15, 0.2) is 35.5 Å². The monoisotopic (exact) mass is 290 g/mol. The van der Waals surface area contributed by atoms with Gasteiger partial charge in [-0.3, -0.25) is 4.79 Å². The molecular formula is C13H16N5OS+. The molecule has 1 amide bonds. The fourth-order valence-corrected chi connectivity index (χ4v) is 2.32. The van der Waals surface area contributed by atoms with Crippen molar-refractivity contribution in [3.63, 3.8) is 0 Å². The molecule has 0 aliphatic carbocycles. The molecule has 0 aliphatic rings. The Morgan fingerprint density at radius 2 is 2.20 bits per heavy atom. The zero-order valence-electron chi connectivity index (χ0n) is 11.0. The SMILES string of the molecule is Cc1cccc(NC(=O)CSc2nc(N)cc(N)[nH+]2)c1. The molecule has 2 aromatic rings. The summed E-state index contributed by atoms with van der Waals surface area (Å²) >= 11 is 1.24. The van der Waals surface area contributed by atoms with Crippen LogP contribution in [0.25, 0.3) is 0 Å². The molecule has 7 heteroatoms. The largest absolute Gasteiger partial charge is 0.370 e. The van der Waals surface area contributed by atoms with Gasteiger partial charge >= 0.3 is 0 Å². The van der Waals surface area contributed by atoms with Crippen molar-refractivity contribution in [2.24, 2.45) is 0 Å². The van der Waals surface area contributed by atoms with Crippen molar-refractivity contribution < 1.29 is 9.78 Å². The number of carbonyl (C=O) groups excluding carboxylic acids is 1. The smallest absolute Gasteiger partial charge is 0.299 e. The molecule has 0 unspecified atom stereocenters. The zero-order valence-corrected chi connectivity index (χ0v) is 11.8. The number of hydrogen-bond acceptors (Lipinski definition) is 5. The Kier molecular flexibility index (Phi) is 4.41. The van der Waals surface area contributed by atoms with E-state index in [4.69, 9.17) is 11.5 Å². The number of nitrogens with zero attached hydrogens (tertiary/aromatic N) is 1. The van der Waals surface area contributed by atoms with Crippen molar-refractivity contribution in [3.05, 3.63) is 35.9 Å². The van der Waals surface area contributed by atoms with Gasteiger partial charge in [0.1, 0.15) is 0 Å². The first-order valence-corrected chi connectivity index (χ1v) is 6.96. The number of H-pyrrole nitrogens is 1. The van der Waals surface area contributed by atoms with Gasteiger partial charge in [0.15, 0.2) is 0 Å². The summed E-state index contributed by atoms with van der Waals surface area (Å²) in [6, 6.07) is 9.14. The standard InChI is InChI=1S/C13H15N5OS/c1-8-3-2-4-9(5-8)16-12(19)7-20-13-17-10(14)6-11(15)18-13/h2-6H,7H2,1H3,(H,16,19)(H4,14,15,17,18)/p+1. The summed E-state index contributed by atoms with van der Waals surface area (Å²) in [5.41, 5.74) is 13.1. The molecular weight excluding hydrogens is 274 g/mol. The van der Waals surface area contributed by atoms with Gasteiger partial charge in [0.2, 0.25) is 17.5 Å². The maximum absolute atomic E-state index is 11.8. The van der Waals surface area contributed by atoms with E-state index >= 15 is 0 Å². The van der Waals surface area contributed by atoms with Crippen LogP contribution in [0.3, 0.4) is 0 Å². The van der Waals surface area contributed by atoms with E-state index in [9.17, 15) is 4.79 Å². The highest BCUT2D eigenvalue weighted by Gasteiger charge is 2.10. The minimum Gasteiger partial charge on any atom is -0.370 e. The molecule has 0 atom stereocenters. The quantitative estimate of drug-likeness (QED) is 0.577. The molecule has 1 aromatic heterocycles. The minimum absolute atomic E-state index is 0.114. The molecule has 104 valence electrons. The van der Waals surface area contributed by atoms with Crippen LogP contribution >= 0.6 is 11.8 Å². The van der Waals surface area contributed by atoms with Gasteiger partial charge in [-0.15, -0.1) is 0 Å². The summed E-state index contributed by atoms with van der Waals surface area (Å²) in [5, 5.41) is 3.33. The Morgan fingerprint density at radius 3 is 2.90 bits per heavy atom. The van der Waals surface area contributed by atoms with Gasteiger partial charge in [-0.1, -0.05) is 17.1 Å². The predicted octanol–water partition coefficient (Wildman–Crippen LogP) is 1.10. The lowest BCUT2D eigenvalue weighted by Gasteiger charge is -2.04. The molecule has 2 rings (SSSR count). The minimum atomic E-state index is -0.114. The molecule has 0 aliphatic heterocycles. The number of aromatic nitrogens is 2. The second-order valence-corrected chi connectivity index (χ2v) is 5.24. The molecule has 20 heavy (non-hydrogen) atoms. The Morgan fingerprint density at radius 1 is 1.40 bits per heavy atom. The summed E-state index contributed by atoms with van der Waals surface area (Å²) in [5.74, 6) is 0.846. The van der Waals surface area contributed by atoms with Gasteiger partial charge < -0.3 is 16.8 Å². The van der Waals surface area contributed by atoms with E-state index < -0.39 is 0 Å². The summed E-state index contributed by atoms with van der Waals surface area (Å²) in [6.07, 6.45) is 0. The van der Waals surface area contributed by atoms with Crippen molar-refractivity contribution >= 4 is 35.0 Å². The molecule has 6 nitrogen and oxygen atoms in total. The molecule has 0 saturated carbocycles. The van der Waals surface area contributed by atoms with Crippen molar-refractivity contribution in [1.82, 2.24) is 4.98 Å². The summed E-state index contributed by atoms with van der Waals surface area (Å²) in [6.45, 7) is 1.97. The van der Waals surface area contributed by atoms with Gasteiger partial charge in [-0.2, -0.15) is 0 Å². The molecule has 1 heterocycles. The van der Waals surface area contributed by atoms with Gasteiger partial charge in [0, 0.05) is 5.69 Å². The third kappa shape index (κ3) is 4.13. The number of anilines is 3. The Hall–Kier alpha value is -2.28. The van der Waals surface area contributed by atoms with E-state index in [-0.39, 0.29) is 11.7 Å². The molecule has 0 spiro atoms. The summed E-state index contributed by atoms with van der Waals surface area (Å²) in [4.78, 5) is 18.7. The highest BCUT2D eigenvalue weighted by molar-refractivity contribution is 7.99. The van der Waals surface area contributed by atoms with E-state index in [0.717, 1.165) is 11.3 Å². The average Bonchev–Trinajstić information content (AvgIpc) is 2.35. The van der Waals surface area contributed by atoms with Crippen molar-refractivity contribution in [2.45, 2.75) is 12.1 Å². The van der Waals surface area contributed by atoms with E-state index in [0.29, 0.717) is 16.8 Å². The van der Waals surface area contributed by atoms with Crippen molar-refractivity contribution in [3.8, 4) is 0 Å². The van der Waals surface area contributed by atoms with Gasteiger partial charge in [-0.25, -0.2) is 4.98 Å². The number of aryl methyl sites for hydroxylation is 1. The second kappa shape index (κ2) is 6.25. The number of amides is 1. The fraction of sp³-hybridized carbons (Fsp3) is 0.154. The number of nitrogen functional groups attached to an aromatic ring is 2. The van der Waals surface area contributed by atoms with Crippen LogP contribution < -0.4 is 21.8 Å². The molecule has 0 saturated heterocycles. The lowest BCUT2D eigenvalue weighted by atomic mass is 10.2. The van der Waals surface area contributed by atoms with Gasteiger partial charge in [0.05, 0.1) is 11.8 Å². The van der Waals surface area contributed by atoms with Crippen LogP contribution in [0.2, 0.25) is 0 Å². The van der Waals surface area contributed by atoms with E-state index in [1.54, 1.807) is 0 Å². The maximum atomic E-state index is 11.8. The number of carbonyl (C=O) groups is 1. The Balaban J connectivity index is 1.92. The van der Waals surface area contributed by atoms with E-state index in [2.05, 4.69) is 15.3 Å². The molecule has 0 fully saturated rings. The average molecular weight is 290 g/mol. The molecule has 0 bridgehead atoms. The number of hydrogen-bond donors (Lipinski definition) is 3. The summed E-state index contributed by atoms with van der Waals surface area (Å²) in [7, 11) is 0. The predicted molar refractivity (Wildman–Crippen MR) is 80.2 cm³/mol. The number of nitrogens with two attached hydrogens (primary N) is 2. The van der Waals surface area contributed by atoms with Crippen molar-refractivity contribution in [2.75, 3.05) is 22.5 Å². The third-order valence-corrected chi connectivity index (χ3v) is 3.30. The van der Waals surface area contributed by atoms with Crippen LogP contribution in [0.4, 0.5) is 17.3 Å². The first-order chi connectivity index (χ1) is 9.52. The van der Waals surface area contributed by atoms with Crippen LogP contribution in [-0.4, -0.2) is 16.6 Å². The fourth-order valence-electron chi connectivity index (χ4n) is 1.62. The molecule has 0 radical (unpaired) electrons. The van der Waals surface area contributed by atoms with E-state index in [1.165, 1.54) is 17.8 Å².